The van der Waals surface area contributed by atoms with Gasteiger partial charge in [0.1, 0.15) is 5.76 Å². The molecular weight excluding hydrogens is 402 g/mol. The van der Waals surface area contributed by atoms with Gasteiger partial charge in [-0.05, 0) is 60.7 Å². The van der Waals surface area contributed by atoms with Crippen molar-refractivity contribution >= 4 is 40.6 Å². The van der Waals surface area contributed by atoms with E-state index in [4.69, 9.17) is 16.0 Å². The molecule has 0 fully saturated rings. The highest BCUT2D eigenvalue weighted by molar-refractivity contribution is 7.99. The molecule has 3 aromatic carbocycles. The molecule has 29 heavy (non-hydrogen) atoms. The van der Waals surface area contributed by atoms with E-state index < -0.39 is 0 Å². The van der Waals surface area contributed by atoms with Crippen molar-refractivity contribution in [2.75, 3.05) is 10.7 Å². The summed E-state index contributed by atoms with van der Waals surface area (Å²) in [5, 5.41) is 1.38. The van der Waals surface area contributed by atoms with Crippen LogP contribution in [0.4, 0.5) is 11.4 Å². The van der Waals surface area contributed by atoms with Gasteiger partial charge < -0.3 is 4.42 Å². The van der Waals surface area contributed by atoms with E-state index in [1.165, 1.54) is 11.8 Å². The summed E-state index contributed by atoms with van der Waals surface area (Å²) in [6.45, 7) is 0. The number of benzene rings is 3. The summed E-state index contributed by atoms with van der Waals surface area (Å²) in [5.41, 5.74) is 2.62. The maximum atomic E-state index is 13.1. The van der Waals surface area contributed by atoms with Gasteiger partial charge in [-0.25, -0.2) is 0 Å². The minimum absolute atomic E-state index is 0.0168. The molecule has 144 valence electrons. The molecule has 0 aliphatic rings. The number of halogens is 1. The van der Waals surface area contributed by atoms with Crippen LogP contribution in [0.1, 0.15) is 0 Å². The van der Waals surface area contributed by atoms with Crippen molar-refractivity contribution in [3.63, 3.8) is 0 Å². The van der Waals surface area contributed by atoms with Gasteiger partial charge in [-0.3, -0.25) is 9.69 Å². The summed E-state index contributed by atoms with van der Waals surface area (Å²) in [5.74, 6) is 0.994. The lowest BCUT2D eigenvalue weighted by atomic mass is 10.2. The van der Waals surface area contributed by atoms with Crippen LogP contribution in [0, 0.1) is 0 Å². The normalized spacial score (nSPS) is 10.7. The number of carbonyl (C=O) groups is 1. The Hall–Kier alpha value is -2.95. The number of furan rings is 1. The Morgan fingerprint density at radius 3 is 1.97 bits per heavy atom. The molecule has 0 radical (unpaired) electrons. The molecule has 0 N–H and O–H groups in total. The van der Waals surface area contributed by atoms with Crippen molar-refractivity contribution in [1.82, 2.24) is 0 Å². The average molecular weight is 420 g/mol. The topological polar surface area (TPSA) is 33.5 Å². The van der Waals surface area contributed by atoms with E-state index in [0.29, 0.717) is 10.1 Å². The lowest BCUT2D eigenvalue weighted by Crippen LogP contribution is -2.27. The molecule has 1 aromatic heterocycles. The average Bonchev–Trinajstić information content (AvgIpc) is 3.24. The molecular formula is C24H18ClNO2S. The first-order valence-corrected chi connectivity index (χ1v) is 10.5. The smallest absolute Gasteiger partial charge is 0.242 e. The van der Waals surface area contributed by atoms with E-state index in [2.05, 4.69) is 0 Å². The minimum Gasteiger partial charge on any atom is -0.450 e. The number of para-hydroxylation sites is 2. The zero-order valence-electron chi connectivity index (χ0n) is 15.5. The summed E-state index contributed by atoms with van der Waals surface area (Å²) >= 11 is 7.32. The van der Waals surface area contributed by atoms with Gasteiger partial charge in [0.2, 0.25) is 5.91 Å². The zero-order valence-corrected chi connectivity index (χ0v) is 17.1. The Balaban J connectivity index is 1.49. The Labute approximate surface area is 178 Å². The molecule has 0 aliphatic heterocycles. The van der Waals surface area contributed by atoms with Crippen molar-refractivity contribution in [3.8, 4) is 11.3 Å². The van der Waals surface area contributed by atoms with Crippen molar-refractivity contribution in [2.45, 2.75) is 5.09 Å². The number of nitrogens with zero attached hydrogens (tertiary/aromatic N) is 1. The van der Waals surface area contributed by atoms with E-state index in [0.717, 1.165) is 22.7 Å². The van der Waals surface area contributed by atoms with Crippen LogP contribution in [0.25, 0.3) is 11.3 Å². The summed E-state index contributed by atoms with van der Waals surface area (Å²) in [6, 6.07) is 30.6. The third-order valence-electron chi connectivity index (χ3n) is 4.33. The first-order chi connectivity index (χ1) is 14.2. The van der Waals surface area contributed by atoms with Crippen LogP contribution in [-0.4, -0.2) is 11.7 Å². The van der Waals surface area contributed by atoms with Gasteiger partial charge in [0, 0.05) is 22.0 Å². The number of amides is 1. The summed E-state index contributed by atoms with van der Waals surface area (Å²) in [7, 11) is 0. The molecule has 0 unspecified atom stereocenters. The van der Waals surface area contributed by atoms with Crippen LogP contribution in [0.5, 0.6) is 0 Å². The summed E-state index contributed by atoms with van der Waals surface area (Å²) in [4.78, 5) is 14.8. The largest absolute Gasteiger partial charge is 0.450 e. The van der Waals surface area contributed by atoms with Crippen LogP contribution in [0.15, 0.2) is 107 Å². The number of thioether (sulfide) groups is 1. The number of rotatable bonds is 6. The van der Waals surface area contributed by atoms with Gasteiger partial charge >= 0.3 is 0 Å². The summed E-state index contributed by atoms with van der Waals surface area (Å²) in [6.07, 6.45) is 0. The molecule has 4 aromatic rings. The molecule has 0 atom stereocenters. The van der Waals surface area contributed by atoms with Gasteiger partial charge in [-0.2, -0.15) is 0 Å². The molecule has 0 aliphatic carbocycles. The van der Waals surface area contributed by atoms with Gasteiger partial charge in [0.25, 0.3) is 0 Å². The van der Waals surface area contributed by atoms with Crippen LogP contribution in [0.3, 0.4) is 0 Å². The predicted molar refractivity (Wildman–Crippen MR) is 120 cm³/mol. The molecule has 0 saturated heterocycles. The fourth-order valence-electron chi connectivity index (χ4n) is 2.96. The maximum absolute atomic E-state index is 13.1. The lowest BCUT2D eigenvalue weighted by Gasteiger charge is -2.22. The molecule has 4 rings (SSSR count). The van der Waals surface area contributed by atoms with Crippen molar-refractivity contribution in [2.24, 2.45) is 0 Å². The standard InChI is InChI=1S/C24H18ClNO2S/c25-19-13-11-18(12-14-19)22-15-16-24(28-22)29-17-23(27)26(20-7-3-1-4-8-20)21-9-5-2-6-10-21/h1-16H,17H2. The van der Waals surface area contributed by atoms with Crippen LogP contribution in [-0.2, 0) is 4.79 Å². The second kappa shape index (κ2) is 9.03. The summed E-state index contributed by atoms with van der Waals surface area (Å²) < 4.78 is 5.90. The second-order valence-corrected chi connectivity index (χ2v) is 7.73. The molecule has 0 spiro atoms. The number of anilines is 2. The van der Waals surface area contributed by atoms with Gasteiger partial charge in [-0.15, -0.1) is 0 Å². The quantitative estimate of drug-likeness (QED) is 0.314. The van der Waals surface area contributed by atoms with Gasteiger partial charge in [-0.1, -0.05) is 59.8 Å². The molecule has 0 saturated carbocycles. The third-order valence-corrected chi connectivity index (χ3v) is 5.47. The molecule has 0 bridgehead atoms. The van der Waals surface area contributed by atoms with Crippen LogP contribution >= 0.6 is 23.4 Å². The van der Waals surface area contributed by atoms with E-state index >= 15 is 0 Å². The molecule has 1 heterocycles. The highest BCUT2D eigenvalue weighted by Crippen LogP contribution is 2.31. The van der Waals surface area contributed by atoms with Crippen molar-refractivity contribution in [1.29, 1.82) is 0 Å². The van der Waals surface area contributed by atoms with Gasteiger partial charge in [0.05, 0.1) is 5.75 Å². The first-order valence-electron chi connectivity index (χ1n) is 9.12. The number of carbonyl (C=O) groups excluding carboxylic acids is 1. The Bertz CT molecular complexity index is 1040. The lowest BCUT2D eigenvalue weighted by molar-refractivity contribution is -0.115. The van der Waals surface area contributed by atoms with Crippen molar-refractivity contribution in [3.05, 3.63) is 102 Å². The molecule has 5 heteroatoms. The zero-order chi connectivity index (χ0) is 20.1. The molecule has 1 amide bonds. The highest BCUT2D eigenvalue weighted by atomic mass is 35.5. The fraction of sp³-hybridized carbons (Fsp3) is 0.0417. The third kappa shape index (κ3) is 4.73. The fourth-order valence-corrected chi connectivity index (χ4v) is 3.79. The van der Waals surface area contributed by atoms with E-state index in [1.54, 1.807) is 4.90 Å². The van der Waals surface area contributed by atoms with E-state index in [9.17, 15) is 4.79 Å². The first kappa shape index (κ1) is 19.4. The minimum atomic E-state index is -0.0168. The maximum Gasteiger partial charge on any atom is 0.242 e. The second-order valence-electron chi connectivity index (χ2n) is 6.31. The van der Waals surface area contributed by atoms with Crippen molar-refractivity contribution < 1.29 is 9.21 Å². The highest BCUT2D eigenvalue weighted by Gasteiger charge is 2.18. The van der Waals surface area contributed by atoms with Gasteiger partial charge in [0.15, 0.2) is 5.09 Å². The van der Waals surface area contributed by atoms with Crippen LogP contribution in [0.2, 0.25) is 5.02 Å². The number of hydrogen-bond donors (Lipinski definition) is 0. The predicted octanol–water partition coefficient (Wildman–Crippen LogP) is 7.06. The number of hydrogen-bond acceptors (Lipinski definition) is 3. The Morgan fingerprint density at radius 2 is 1.38 bits per heavy atom. The van der Waals surface area contributed by atoms with E-state index in [-0.39, 0.29) is 11.7 Å². The van der Waals surface area contributed by atoms with E-state index in [1.807, 2.05) is 97.1 Å². The monoisotopic (exact) mass is 419 g/mol. The molecule has 3 nitrogen and oxygen atoms in total. The Morgan fingerprint density at radius 1 is 0.793 bits per heavy atom. The SMILES string of the molecule is O=C(CSc1ccc(-c2ccc(Cl)cc2)o1)N(c1ccccc1)c1ccccc1. The van der Waals surface area contributed by atoms with Crippen LogP contribution < -0.4 is 4.90 Å². The Kier molecular flexibility index (Phi) is 6.03.